The molecule has 0 saturated heterocycles. The third-order valence-corrected chi connectivity index (χ3v) is 4.57. The summed E-state index contributed by atoms with van der Waals surface area (Å²) in [6, 6.07) is 5.72. The quantitative estimate of drug-likeness (QED) is 0.547. The van der Waals surface area contributed by atoms with Gasteiger partial charge in [-0.3, -0.25) is 14.6 Å². The van der Waals surface area contributed by atoms with Gasteiger partial charge in [0.1, 0.15) is 0 Å². The van der Waals surface area contributed by atoms with E-state index in [-0.39, 0.29) is 12.1 Å². The number of pyridine rings is 1. The van der Waals surface area contributed by atoms with Crippen molar-refractivity contribution in [1.29, 1.82) is 0 Å². The van der Waals surface area contributed by atoms with Gasteiger partial charge in [0, 0.05) is 45.6 Å². The van der Waals surface area contributed by atoms with Crippen molar-refractivity contribution in [2.24, 2.45) is 11.8 Å². The van der Waals surface area contributed by atoms with Crippen LogP contribution in [-0.4, -0.2) is 53.1 Å². The first-order valence-corrected chi connectivity index (χ1v) is 12.1. The molecule has 7 heteroatoms. The van der Waals surface area contributed by atoms with Crippen molar-refractivity contribution in [3.63, 3.8) is 0 Å². The minimum Gasteiger partial charge on any atom is -0.481 e. The van der Waals surface area contributed by atoms with E-state index in [0.29, 0.717) is 6.61 Å². The predicted octanol–water partition coefficient (Wildman–Crippen LogP) is 5.51. The largest absolute Gasteiger partial charge is 0.481 e. The Morgan fingerprint density at radius 1 is 0.909 bits per heavy atom. The molecule has 33 heavy (non-hydrogen) atoms. The first-order valence-electron chi connectivity index (χ1n) is 12.1. The Kier molecular flexibility index (Phi) is 24.8. The molecule has 0 aromatic carbocycles. The van der Waals surface area contributed by atoms with Gasteiger partial charge in [0.05, 0.1) is 6.61 Å². The third kappa shape index (κ3) is 32.3. The highest BCUT2D eigenvalue weighted by molar-refractivity contribution is 5.65. The molecule has 2 aliphatic carbocycles. The molecular formula is C26H47NO6. The van der Waals surface area contributed by atoms with Crippen LogP contribution in [0.5, 0.6) is 0 Å². The predicted molar refractivity (Wildman–Crippen MR) is 132 cm³/mol. The van der Waals surface area contributed by atoms with E-state index >= 15 is 0 Å². The summed E-state index contributed by atoms with van der Waals surface area (Å²) in [4.78, 5) is 22.6. The zero-order valence-corrected chi connectivity index (χ0v) is 21.4. The van der Waals surface area contributed by atoms with E-state index in [9.17, 15) is 4.79 Å². The Balaban J connectivity index is 0. The number of ether oxygens (including phenoxy) is 2. The average Bonchev–Trinajstić information content (AvgIpc) is 3.44. The standard InChI is InChI=1S/C12H22O.C5H5N.C4H8O2.C3H8O.C2H4O2/c1-2-6-11(5-1)9-13-10-12-7-3-4-8-12;1-2-4-6-5-3-1;1-3-6-4(2)5;1-3(2)4;1-2(3)4/h11-12H,1-10H2;1-5H;3H2,1-2H3;3-4H,1-2H3;1H3,(H,3,4). The smallest absolute Gasteiger partial charge is 0.302 e. The molecule has 2 aliphatic rings. The number of rotatable bonds is 5. The normalized spacial score (nSPS) is 14.9. The molecule has 1 aromatic heterocycles. The van der Waals surface area contributed by atoms with Crippen molar-refractivity contribution in [3.8, 4) is 0 Å². The Hall–Kier alpha value is -1.99. The fraction of sp³-hybridized carbons (Fsp3) is 0.731. The van der Waals surface area contributed by atoms with Crippen LogP contribution in [-0.2, 0) is 19.1 Å². The fourth-order valence-corrected chi connectivity index (χ4v) is 3.27. The van der Waals surface area contributed by atoms with Crippen LogP contribution in [0.25, 0.3) is 0 Å². The van der Waals surface area contributed by atoms with E-state index in [1.807, 2.05) is 18.2 Å². The lowest BCUT2D eigenvalue weighted by Gasteiger charge is -2.13. The molecule has 2 fully saturated rings. The minimum atomic E-state index is -0.833. The topological polar surface area (TPSA) is 106 Å². The molecular weight excluding hydrogens is 422 g/mol. The number of carboxylic acids is 1. The summed E-state index contributed by atoms with van der Waals surface area (Å²) in [6.45, 7) is 10.3. The Bertz CT molecular complexity index is 492. The summed E-state index contributed by atoms with van der Waals surface area (Å²) < 4.78 is 10.2. The van der Waals surface area contributed by atoms with E-state index in [1.165, 1.54) is 58.3 Å². The average molecular weight is 470 g/mol. The summed E-state index contributed by atoms with van der Waals surface area (Å²) in [6.07, 6.45) is 14.8. The Morgan fingerprint density at radius 2 is 1.27 bits per heavy atom. The van der Waals surface area contributed by atoms with Gasteiger partial charge in [-0.05, 0) is 70.4 Å². The van der Waals surface area contributed by atoms with Gasteiger partial charge in [0.15, 0.2) is 0 Å². The first-order chi connectivity index (χ1) is 15.7. The van der Waals surface area contributed by atoms with Gasteiger partial charge in [-0.25, -0.2) is 0 Å². The van der Waals surface area contributed by atoms with Crippen LogP contribution in [0.3, 0.4) is 0 Å². The number of carbonyl (C=O) groups is 2. The summed E-state index contributed by atoms with van der Waals surface area (Å²) in [5, 5.41) is 15.5. The number of aliphatic carboxylic acids is 1. The highest BCUT2D eigenvalue weighted by Gasteiger charge is 2.18. The van der Waals surface area contributed by atoms with Crippen molar-refractivity contribution < 1.29 is 29.3 Å². The van der Waals surface area contributed by atoms with Crippen molar-refractivity contribution in [2.75, 3.05) is 19.8 Å². The molecule has 2 saturated carbocycles. The SMILES string of the molecule is C1CCC(COCC2CCCC2)C1.CC(=O)O.CC(C)O.CCOC(C)=O.c1ccncc1. The number of nitrogens with zero attached hydrogens (tertiary/aromatic N) is 1. The summed E-state index contributed by atoms with van der Waals surface area (Å²) >= 11 is 0. The van der Waals surface area contributed by atoms with E-state index < -0.39 is 5.97 Å². The maximum atomic E-state index is 9.82. The van der Waals surface area contributed by atoms with E-state index in [1.54, 1.807) is 33.2 Å². The highest BCUT2D eigenvalue weighted by Crippen LogP contribution is 2.27. The second-order valence-electron chi connectivity index (χ2n) is 8.40. The van der Waals surface area contributed by atoms with Gasteiger partial charge in [-0.15, -0.1) is 0 Å². The molecule has 1 heterocycles. The maximum absolute atomic E-state index is 9.82. The van der Waals surface area contributed by atoms with Crippen LogP contribution in [0, 0.1) is 11.8 Å². The molecule has 0 unspecified atom stereocenters. The molecule has 2 N–H and O–H groups in total. The second-order valence-corrected chi connectivity index (χ2v) is 8.40. The monoisotopic (exact) mass is 469 g/mol. The van der Waals surface area contributed by atoms with Gasteiger partial charge in [-0.2, -0.15) is 0 Å². The van der Waals surface area contributed by atoms with Crippen molar-refractivity contribution in [3.05, 3.63) is 30.6 Å². The highest BCUT2D eigenvalue weighted by atomic mass is 16.5. The maximum Gasteiger partial charge on any atom is 0.302 e. The van der Waals surface area contributed by atoms with Crippen LogP contribution in [0.1, 0.15) is 86.0 Å². The van der Waals surface area contributed by atoms with Crippen LogP contribution in [0.2, 0.25) is 0 Å². The number of hydrogen-bond acceptors (Lipinski definition) is 6. The number of aliphatic hydroxyl groups excluding tert-OH is 1. The van der Waals surface area contributed by atoms with Gasteiger partial charge in [0.25, 0.3) is 5.97 Å². The number of aliphatic hydroxyl groups is 1. The van der Waals surface area contributed by atoms with Crippen LogP contribution < -0.4 is 0 Å². The van der Waals surface area contributed by atoms with Crippen molar-refractivity contribution in [2.45, 2.75) is 92.1 Å². The number of hydrogen-bond donors (Lipinski definition) is 2. The zero-order valence-electron chi connectivity index (χ0n) is 21.4. The fourth-order valence-electron chi connectivity index (χ4n) is 3.27. The molecule has 1 aromatic rings. The molecule has 192 valence electrons. The molecule has 7 nitrogen and oxygen atoms in total. The number of carboxylic acid groups (broad SMARTS) is 1. The first kappa shape index (κ1) is 33.2. The summed E-state index contributed by atoms with van der Waals surface area (Å²) in [5.74, 6) is 0.764. The molecule has 3 rings (SSSR count). The van der Waals surface area contributed by atoms with Crippen LogP contribution in [0.15, 0.2) is 30.6 Å². The van der Waals surface area contributed by atoms with Crippen LogP contribution >= 0.6 is 0 Å². The molecule has 0 amide bonds. The molecule has 0 atom stereocenters. The lowest BCUT2D eigenvalue weighted by atomic mass is 10.1. The van der Waals surface area contributed by atoms with Crippen molar-refractivity contribution >= 4 is 11.9 Å². The lowest BCUT2D eigenvalue weighted by Crippen LogP contribution is -2.11. The van der Waals surface area contributed by atoms with E-state index in [0.717, 1.165) is 32.0 Å². The van der Waals surface area contributed by atoms with Gasteiger partial charge >= 0.3 is 5.97 Å². The Morgan fingerprint density at radius 3 is 1.45 bits per heavy atom. The molecule has 0 radical (unpaired) electrons. The minimum absolute atomic E-state index is 0.167. The lowest BCUT2D eigenvalue weighted by molar-refractivity contribution is -0.140. The van der Waals surface area contributed by atoms with Crippen molar-refractivity contribution in [1.82, 2.24) is 4.98 Å². The second kappa shape index (κ2) is 24.6. The zero-order chi connectivity index (χ0) is 25.3. The molecule has 0 bridgehead atoms. The van der Waals surface area contributed by atoms with Gasteiger partial charge in [0.2, 0.25) is 0 Å². The molecule has 0 spiro atoms. The van der Waals surface area contributed by atoms with Crippen LogP contribution in [0.4, 0.5) is 0 Å². The van der Waals surface area contributed by atoms with E-state index in [4.69, 9.17) is 19.7 Å². The summed E-state index contributed by atoms with van der Waals surface area (Å²) in [7, 11) is 0. The van der Waals surface area contributed by atoms with E-state index in [2.05, 4.69) is 9.72 Å². The number of aromatic nitrogens is 1. The summed E-state index contributed by atoms with van der Waals surface area (Å²) in [5.41, 5.74) is 0. The Labute approximate surface area is 200 Å². The number of esters is 1. The van der Waals surface area contributed by atoms with Gasteiger partial charge < -0.3 is 19.7 Å². The number of carbonyl (C=O) groups excluding carboxylic acids is 1. The third-order valence-electron chi connectivity index (χ3n) is 4.57. The van der Waals surface area contributed by atoms with Gasteiger partial charge in [-0.1, -0.05) is 31.7 Å². The molecule has 0 aliphatic heterocycles.